The number of rotatable bonds is 4. The molecule has 0 aromatic carbocycles. The third kappa shape index (κ3) is 2.30. The summed E-state index contributed by atoms with van der Waals surface area (Å²) in [4.78, 5) is 6.42. The Labute approximate surface area is 83.5 Å². The predicted octanol–water partition coefficient (Wildman–Crippen LogP) is -0.0942. The van der Waals surface area contributed by atoms with Gasteiger partial charge in [0.2, 0.25) is 5.89 Å². The first-order valence-corrected chi connectivity index (χ1v) is 5.03. The second-order valence-electron chi connectivity index (χ2n) is 3.66. The zero-order valence-corrected chi connectivity index (χ0v) is 8.44. The molecule has 14 heavy (non-hydrogen) atoms. The molecule has 2 rings (SSSR count). The highest BCUT2D eigenvalue weighted by atomic mass is 16.5. The van der Waals surface area contributed by atoms with Crippen molar-refractivity contribution in [3.63, 3.8) is 0 Å². The summed E-state index contributed by atoms with van der Waals surface area (Å²) in [7, 11) is 2.02. The van der Waals surface area contributed by atoms with Crippen molar-refractivity contribution in [2.45, 2.75) is 18.9 Å². The number of likely N-dealkylation sites (N-methyl/N-ethyl adjacent to an activating group) is 1. The van der Waals surface area contributed by atoms with Crippen molar-refractivity contribution in [2.75, 3.05) is 26.7 Å². The molecule has 0 radical (unpaired) electrons. The van der Waals surface area contributed by atoms with Crippen LogP contribution in [0.15, 0.2) is 10.9 Å². The van der Waals surface area contributed by atoms with Crippen LogP contribution in [0.1, 0.15) is 12.3 Å². The molecule has 78 valence electrons. The second kappa shape index (κ2) is 4.52. The first kappa shape index (κ1) is 9.61. The van der Waals surface area contributed by atoms with Gasteiger partial charge in [0.15, 0.2) is 6.33 Å². The highest BCUT2D eigenvalue weighted by molar-refractivity contribution is 4.83. The molecule has 2 heterocycles. The van der Waals surface area contributed by atoms with E-state index in [0.29, 0.717) is 6.04 Å². The number of likely N-dealkylation sites (tertiary alicyclic amines) is 1. The van der Waals surface area contributed by atoms with Crippen molar-refractivity contribution < 1.29 is 4.52 Å². The normalized spacial score (nSPS) is 23.1. The van der Waals surface area contributed by atoms with E-state index in [1.165, 1.54) is 19.3 Å². The fourth-order valence-corrected chi connectivity index (χ4v) is 1.83. The summed E-state index contributed by atoms with van der Waals surface area (Å²) < 4.78 is 4.94. The maximum atomic E-state index is 4.94. The molecule has 0 aliphatic carbocycles. The predicted molar refractivity (Wildman–Crippen MR) is 51.9 cm³/mol. The van der Waals surface area contributed by atoms with Gasteiger partial charge < -0.3 is 14.7 Å². The largest absolute Gasteiger partial charge is 0.340 e. The van der Waals surface area contributed by atoms with E-state index >= 15 is 0 Å². The average molecular weight is 196 g/mol. The summed E-state index contributed by atoms with van der Waals surface area (Å²) in [5.41, 5.74) is 0. The summed E-state index contributed by atoms with van der Waals surface area (Å²) in [6.45, 7) is 3.31. The van der Waals surface area contributed by atoms with E-state index in [4.69, 9.17) is 4.52 Å². The number of nitrogens with zero attached hydrogens (tertiary/aromatic N) is 3. The number of hydrogen-bond donors (Lipinski definition) is 1. The molecule has 1 aromatic heterocycles. The Morgan fingerprint density at radius 3 is 3.29 bits per heavy atom. The molecule has 1 aliphatic heterocycles. The van der Waals surface area contributed by atoms with Gasteiger partial charge in [-0.2, -0.15) is 4.98 Å². The van der Waals surface area contributed by atoms with Crippen LogP contribution in [-0.4, -0.2) is 47.8 Å². The van der Waals surface area contributed by atoms with E-state index in [2.05, 4.69) is 20.4 Å². The molecule has 1 fully saturated rings. The molecule has 0 bridgehead atoms. The minimum absolute atomic E-state index is 0.651. The lowest BCUT2D eigenvalue weighted by Crippen LogP contribution is -2.30. The summed E-state index contributed by atoms with van der Waals surface area (Å²) in [5, 5.41) is 6.88. The Hall–Kier alpha value is -0.940. The molecule has 5 nitrogen and oxygen atoms in total. The monoisotopic (exact) mass is 196 g/mol. The van der Waals surface area contributed by atoms with Gasteiger partial charge in [-0.1, -0.05) is 5.16 Å². The number of nitrogens with one attached hydrogen (secondary N) is 1. The smallest absolute Gasteiger partial charge is 0.227 e. The molecule has 0 spiro atoms. The lowest BCUT2D eigenvalue weighted by Gasteiger charge is -2.13. The van der Waals surface area contributed by atoms with E-state index in [1.807, 2.05) is 7.05 Å². The van der Waals surface area contributed by atoms with Crippen LogP contribution in [0.2, 0.25) is 0 Å². The summed E-state index contributed by atoms with van der Waals surface area (Å²) >= 11 is 0. The van der Waals surface area contributed by atoms with Crippen LogP contribution in [0.5, 0.6) is 0 Å². The summed E-state index contributed by atoms with van der Waals surface area (Å²) in [6.07, 6.45) is 3.55. The van der Waals surface area contributed by atoms with Gasteiger partial charge in [-0.25, -0.2) is 0 Å². The first-order valence-electron chi connectivity index (χ1n) is 5.03. The van der Waals surface area contributed by atoms with Crippen LogP contribution in [0.3, 0.4) is 0 Å². The fourth-order valence-electron chi connectivity index (χ4n) is 1.83. The van der Waals surface area contributed by atoms with Crippen LogP contribution in [-0.2, 0) is 6.42 Å². The third-order valence-corrected chi connectivity index (χ3v) is 2.73. The van der Waals surface area contributed by atoms with Crippen LogP contribution in [0.25, 0.3) is 0 Å². The third-order valence-electron chi connectivity index (χ3n) is 2.73. The van der Waals surface area contributed by atoms with Gasteiger partial charge in [0.05, 0.1) is 0 Å². The Bertz CT molecular complexity index is 262. The Kier molecular flexibility index (Phi) is 3.10. The molecule has 5 heteroatoms. The molecule has 1 unspecified atom stereocenters. The maximum Gasteiger partial charge on any atom is 0.227 e. The van der Waals surface area contributed by atoms with E-state index in [-0.39, 0.29) is 0 Å². The molecule has 1 N–H and O–H groups in total. The maximum absolute atomic E-state index is 4.94. The van der Waals surface area contributed by atoms with Gasteiger partial charge in [0, 0.05) is 25.6 Å². The van der Waals surface area contributed by atoms with Gasteiger partial charge in [-0.15, -0.1) is 0 Å². The van der Waals surface area contributed by atoms with Gasteiger partial charge in [0.1, 0.15) is 0 Å². The van der Waals surface area contributed by atoms with Gasteiger partial charge in [-0.05, 0) is 20.0 Å². The van der Waals surface area contributed by atoms with Crippen molar-refractivity contribution in [1.82, 2.24) is 20.4 Å². The van der Waals surface area contributed by atoms with E-state index in [1.54, 1.807) is 0 Å². The van der Waals surface area contributed by atoms with Crippen molar-refractivity contribution in [2.24, 2.45) is 0 Å². The van der Waals surface area contributed by atoms with Crippen molar-refractivity contribution in [1.29, 1.82) is 0 Å². The molecule has 1 aliphatic rings. The molecular formula is C9H16N4O. The van der Waals surface area contributed by atoms with Crippen molar-refractivity contribution in [3.8, 4) is 0 Å². The van der Waals surface area contributed by atoms with Gasteiger partial charge in [-0.3, -0.25) is 0 Å². The van der Waals surface area contributed by atoms with E-state index < -0.39 is 0 Å². The molecule has 1 aromatic rings. The Morgan fingerprint density at radius 2 is 2.64 bits per heavy atom. The van der Waals surface area contributed by atoms with E-state index in [9.17, 15) is 0 Å². The Balaban J connectivity index is 1.72. The summed E-state index contributed by atoms with van der Waals surface area (Å²) in [5.74, 6) is 0.734. The van der Waals surface area contributed by atoms with Crippen LogP contribution in [0.4, 0.5) is 0 Å². The highest BCUT2D eigenvalue weighted by Crippen LogP contribution is 2.08. The first-order chi connectivity index (χ1) is 6.88. The van der Waals surface area contributed by atoms with Gasteiger partial charge in [0.25, 0.3) is 0 Å². The number of aromatic nitrogens is 2. The van der Waals surface area contributed by atoms with Crippen LogP contribution in [0, 0.1) is 0 Å². The molecule has 0 amide bonds. The van der Waals surface area contributed by atoms with Gasteiger partial charge >= 0.3 is 0 Å². The molecule has 1 saturated heterocycles. The van der Waals surface area contributed by atoms with E-state index in [0.717, 1.165) is 25.4 Å². The zero-order chi connectivity index (χ0) is 9.80. The SMILES string of the molecule is CNC1CCN(CCc2ncno2)C1. The zero-order valence-electron chi connectivity index (χ0n) is 8.44. The second-order valence-corrected chi connectivity index (χ2v) is 3.66. The fraction of sp³-hybridized carbons (Fsp3) is 0.778. The minimum atomic E-state index is 0.651. The lowest BCUT2D eigenvalue weighted by molar-refractivity contribution is 0.306. The highest BCUT2D eigenvalue weighted by Gasteiger charge is 2.20. The molecular weight excluding hydrogens is 180 g/mol. The number of hydrogen-bond acceptors (Lipinski definition) is 5. The lowest BCUT2D eigenvalue weighted by atomic mass is 10.3. The quantitative estimate of drug-likeness (QED) is 0.729. The minimum Gasteiger partial charge on any atom is -0.340 e. The standard InChI is InChI=1S/C9H16N4O/c1-10-8-2-4-13(6-8)5-3-9-11-7-12-14-9/h7-8,10H,2-6H2,1H3. The van der Waals surface area contributed by atoms with Crippen LogP contribution >= 0.6 is 0 Å². The van der Waals surface area contributed by atoms with Crippen LogP contribution < -0.4 is 5.32 Å². The average Bonchev–Trinajstić information content (AvgIpc) is 2.86. The summed E-state index contributed by atoms with van der Waals surface area (Å²) in [6, 6.07) is 0.651. The Morgan fingerprint density at radius 1 is 1.71 bits per heavy atom. The van der Waals surface area contributed by atoms with Crippen molar-refractivity contribution in [3.05, 3.63) is 12.2 Å². The molecule has 0 saturated carbocycles. The molecule has 1 atom stereocenters. The topological polar surface area (TPSA) is 54.2 Å². The van der Waals surface area contributed by atoms with Crippen molar-refractivity contribution >= 4 is 0 Å².